The van der Waals surface area contributed by atoms with Gasteiger partial charge in [0.2, 0.25) is 5.76 Å². The molecule has 1 heterocycles. The summed E-state index contributed by atoms with van der Waals surface area (Å²) < 4.78 is 15.6. The average Bonchev–Trinajstić information content (AvgIpc) is 2.34. The molecule has 0 amide bonds. The van der Waals surface area contributed by atoms with Crippen LogP contribution in [0, 0.1) is 0 Å². The third-order valence-corrected chi connectivity index (χ3v) is 1.91. The fourth-order valence-electron chi connectivity index (χ4n) is 0.771. The van der Waals surface area contributed by atoms with Gasteiger partial charge in [0.25, 0.3) is 0 Å². The number of rotatable bonds is 3. The molecule has 0 bridgehead atoms. The Bertz CT molecular complexity index is 279. The van der Waals surface area contributed by atoms with Crippen LogP contribution in [0.25, 0.3) is 0 Å². The molecule has 0 fully saturated rings. The lowest BCUT2D eigenvalue weighted by molar-refractivity contribution is 0.0660. The van der Waals surface area contributed by atoms with Crippen LogP contribution in [0.5, 0.6) is 0 Å². The molecule has 0 aliphatic heterocycles. The van der Waals surface area contributed by atoms with E-state index in [-0.39, 0.29) is 11.5 Å². The Morgan fingerprint density at radius 2 is 2.42 bits per heavy atom. The molecule has 1 atom stereocenters. The van der Waals surface area contributed by atoms with Crippen LogP contribution in [0.4, 0.5) is 0 Å². The second-order valence-electron chi connectivity index (χ2n) is 2.29. The summed E-state index contributed by atoms with van der Waals surface area (Å²) in [5.74, 6) is -0.528. The predicted octanol–water partition coefficient (Wildman–Crippen LogP) is 0.856. The third-order valence-electron chi connectivity index (χ3n) is 1.22. The van der Waals surface area contributed by atoms with Gasteiger partial charge in [-0.05, 0) is 23.3 Å². The molecule has 5 heteroatoms. The SMILES string of the molecule is C[S+]([O-])Cc1ccc(C(=O)O)o1. The summed E-state index contributed by atoms with van der Waals surface area (Å²) in [4.78, 5) is 10.3. The molecule has 1 aromatic heterocycles. The van der Waals surface area contributed by atoms with Gasteiger partial charge in [-0.3, -0.25) is 0 Å². The highest BCUT2D eigenvalue weighted by molar-refractivity contribution is 7.89. The molecular formula is C7H8O4S. The molecule has 66 valence electrons. The minimum Gasteiger partial charge on any atom is -0.616 e. The molecule has 0 aromatic carbocycles. The number of hydrogen-bond acceptors (Lipinski definition) is 3. The first-order valence-electron chi connectivity index (χ1n) is 3.21. The summed E-state index contributed by atoms with van der Waals surface area (Å²) in [6, 6.07) is 2.87. The van der Waals surface area contributed by atoms with E-state index in [4.69, 9.17) is 9.52 Å². The van der Waals surface area contributed by atoms with Gasteiger partial charge in [0, 0.05) is 0 Å². The minimum absolute atomic E-state index is 0.115. The number of hydrogen-bond donors (Lipinski definition) is 1. The number of aromatic carboxylic acids is 1. The zero-order valence-electron chi connectivity index (χ0n) is 6.44. The first-order valence-corrected chi connectivity index (χ1v) is 4.94. The van der Waals surface area contributed by atoms with Gasteiger partial charge in [-0.2, -0.15) is 0 Å². The van der Waals surface area contributed by atoms with Gasteiger partial charge in [0.15, 0.2) is 11.5 Å². The van der Waals surface area contributed by atoms with E-state index < -0.39 is 17.1 Å². The maximum absolute atomic E-state index is 10.7. The van der Waals surface area contributed by atoms with E-state index >= 15 is 0 Å². The molecule has 1 rings (SSSR count). The molecule has 12 heavy (non-hydrogen) atoms. The maximum atomic E-state index is 10.7. The van der Waals surface area contributed by atoms with Crippen LogP contribution in [0.2, 0.25) is 0 Å². The van der Waals surface area contributed by atoms with Crippen molar-refractivity contribution in [2.24, 2.45) is 0 Å². The molecule has 0 aliphatic carbocycles. The summed E-state index contributed by atoms with van der Waals surface area (Å²) in [6.07, 6.45) is 1.53. The van der Waals surface area contributed by atoms with E-state index in [0.29, 0.717) is 5.76 Å². The zero-order chi connectivity index (χ0) is 9.14. The molecule has 1 aromatic rings. The molecule has 1 N–H and O–H groups in total. The quantitative estimate of drug-likeness (QED) is 0.714. The highest BCUT2D eigenvalue weighted by Gasteiger charge is 2.11. The number of carboxylic acids is 1. The Morgan fingerprint density at radius 3 is 2.83 bits per heavy atom. The summed E-state index contributed by atoms with van der Waals surface area (Å²) in [7, 11) is 0. The largest absolute Gasteiger partial charge is 0.616 e. The smallest absolute Gasteiger partial charge is 0.371 e. The number of carboxylic acid groups (broad SMARTS) is 1. The van der Waals surface area contributed by atoms with Crippen molar-refractivity contribution < 1.29 is 18.9 Å². The van der Waals surface area contributed by atoms with Crippen molar-refractivity contribution in [1.82, 2.24) is 0 Å². The first kappa shape index (κ1) is 9.15. The zero-order valence-corrected chi connectivity index (χ0v) is 7.26. The molecular weight excluding hydrogens is 180 g/mol. The van der Waals surface area contributed by atoms with Gasteiger partial charge in [-0.25, -0.2) is 4.79 Å². The molecule has 1 unspecified atom stereocenters. The van der Waals surface area contributed by atoms with E-state index in [2.05, 4.69) is 0 Å². The van der Waals surface area contributed by atoms with Crippen LogP contribution in [0.3, 0.4) is 0 Å². The van der Waals surface area contributed by atoms with Crippen molar-refractivity contribution >= 4 is 17.1 Å². The Morgan fingerprint density at radius 1 is 1.75 bits per heavy atom. The second kappa shape index (κ2) is 3.64. The minimum atomic E-state index is -1.11. The van der Waals surface area contributed by atoms with Crippen LogP contribution in [-0.4, -0.2) is 21.9 Å². The highest BCUT2D eigenvalue weighted by atomic mass is 32.2. The van der Waals surface area contributed by atoms with Gasteiger partial charge in [-0.15, -0.1) is 0 Å². The van der Waals surface area contributed by atoms with Gasteiger partial charge in [0.05, 0.1) is 6.26 Å². The fourth-order valence-corrected chi connectivity index (χ4v) is 1.33. The predicted molar refractivity (Wildman–Crippen MR) is 43.4 cm³/mol. The van der Waals surface area contributed by atoms with Crippen molar-refractivity contribution in [3.05, 3.63) is 23.7 Å². The lowest BCUT2D eigenvalue weighted by Crippen LogP contribution is -1.99. The number of furan rings is 1. The van der Waals surface area contributed by atoms with Gasteiger partial charge in [-0.1, -0.05) is 0 Å². The maximum Gasteiger partial charge on any atom is 0.371 e. The normalized spacial score (nSPS) is 12.8. The topological polar surface area (TPSA) is 73.5 Å². The van der Waals surface area contributed by atoms with Gasteiger partial charge in [0.1, 0.15) is 0 Å². The Balaban J connectivity index is 2.71. The molecule has 0 radical (unpaired) electrons. The van der Waals surface area contributed by atoms with Crippen molar-refractivity contribution in [2.75, 3.05) is 6.26 Å². The van der Waals surface area contributed by atoms with Crippen LogP contribution >= 0.6 is 0 Å². The Hall–Kier alpha value is -0.940. The van der Waals surface area contributed by atoms with E-state index in [1.807, 2.05) is 0 Å². The summed E-state index contributed by atoms with van der Waals surface area (Å²) in [6.45, 7) is 0. The standard InChI is InChI=1S/C7H8O4S/c1-12(10)4-5-2-3-6(11-5)7(8)9/h2-3H,4H2,1H3,(H,8,9). The van der Waals surface area contributed by atoms with Crippen molar-refractivity contribution in [1.29, 1.82) is 0 Å². The van der Waals surface area contributed by atoms with Crippen molar-refractivity contribution in [2.45, 2.75) is 5.75 Å². The molecule has 0 aliphatic rings. The van der Waals surface area contributed by atoms with Crippen LogP contribution in [0.1, 0.15) is 16.3 Å². The fraction of sp³-hybridized carbons (Fsp3) is 0.286. The molecule has 4 nitrogen and oxygen atoms in total. The lowest BCUT2D eigenvalue weighted by Gasteiger charge is -2.00. The molecule has 0 saturated carbocycles. The lowest BCUT2D eigenvalue weighted by atomic mass is 10.4. The summed E-state index contributed by atoms with van der Waals surface area (Å²) in [5, 5.41) is 8.46. The monoisotopic (exact) mass is 188 g/mol. The second-order valence-corrected chi connectivity index (χ2v) is 3.72. The summed E-state index contributed by atoms with van der Waals surface area (Å²) in [5.41, 5.74) is 0. The Kier molecular flexibility index (Phi) is 2.78. The summed E-state index contributed by atoms with van der Waals surface area (Å²) >= 11 is -1.00. The van der Waals surface area contributed by atoms with Gasteiger partial charge < -0.3 is 14.1 Å². The molecule has 0 saturated heterocycles. The van der Waals surface area contributed by atoms with E-state index in [1.54, 1.807) is 0 Å². The van der Waals surface area contributed by atoms with Crippen LogP contribution in [0.15, 0.2) is 16.5 Å². The number of carbonyl (C=O) groups is 1. The first-order chi connectivity index (χ1) is 5.59. The van der Waals surface area contributed by atoms with Crippen LogP contribution < -0.4 is 0 Å². The van der Waals surface area contributed by atoms with Crippen molar-refractivity contribution in [3.63, 3.8) is 0 Å². The third kappa shape index (κ3) is 2.28. The Labute approximate surface area is 72.4 Å². The molecule has 0 spiro atoms. The van der Waals surface area contributed by atoms with Gasteiger partial charge >= 0.3 is 5.97 Å². The van der Waals surface area contributed by atoms with Crippen molar-refractivity contribution in [3.8, 4) is 0 Å². The van der Waals surface area contributed by atoms with E-state index in [0.717, 1.165) is 0 Å². The van der Waals surface area contributed by atoms with E-state index in [1.165, 1.54) is 18.4 Å². The average molecular weight is 188 g/mol. The highest BCUT2D eigenvalue weighted by Crippen LogP contribution is 2.10. The van der Waals surface area contributed by atoms with Crippen LogP contribution in [-0.2, 0) is 16.9 Å². The van der Waals surface area contributed by atoms with E-state index in [9.17, 15) is 9.35 Å².